The highest BCUT2D eigenvalue weighted by molar-refractivity contribution is 5.74. The Hall–Kier alpha value is -1.75. The van der Waals surface area contributed by atoms with Crippen molar-refractivity contribution in [1.82, 2.24) is 10.2 Å². The van der Waals surface area contributed by atoms with Gasteiger partial charge in [-0.1, -0.05) is 30.5 Å². The molecule has 3 atom stereocenters. The van der Waals surface area contributed by atoms with E-state index in [1.807, 2.05) is 32.0 Å². The Balaban J connectivity index is 1.96. The summed E-state index contributed by atoms with van der Waals surface area (Å²) in [6.07, 6.45) is 3.76. The topological polar surface area (TPSA) is 61.8 Å². The van der Waals surface area contributed by atoms with Gasteiger partial charge in [-0.05, 0) is 32.8 Å². The molecule has 0 saturated heterocycles. The standard InChI is InChI=1S/C19H30N2O3/c1-13-9-10-18(24-4)16(11-13)14(2)20-19(23)21(3)12-15-7-5-6-8-17(15)22/h9-11,14-15,17,22H,5-8,12H2,1-4H3,(H,20,23). The molecular formula is C19H30N2O3. The normalized spacial score (nSPS) is 21.9. The van der Waals surface area contributed by atoms with Gasteiger partial charge in [0.2, 0.25) is 0 Å². The van der Waals surface area contributed by atoms with Gasteiger partial charge in [0.1, 0.15) is 5.75 Å². The summed E-state index contributed by atoms with van der Waals surface area (Å²) >= 11 is 0. The lowest BCUT2D eigenvalue weighted by molar-refractivity contribution is 0.0563. The smallest absolute Gasteiger partial charge is 0.317 e. The number of nitrogens with zero attached hydrogens (tertiary/aromatic N) is 1. The van der Waals surface area contributed by atoms with Crippen LogP contribution in [0, 0.1) is 12.8 Å². The Kier molecular flexibility index (Phi) is 6.49. The molecule has 1 aliphatic rings. The van der Waals surface area contributed by atoms with Crippen LogP contribution in [0.25, 0.3) is 0 Å². The number of carbonyl (C=O) groups excluding carboxylic acids is 1. The third-order valence-electron chi connectivity index (χ3n) is 4.92. The van der Waals surface area contributed by atoms with E-state index in [9.17, 15) is 9.90 Å². The van der Waals surface area contributed by atoms with Crippen LogP contribution >= 0.6 is 0 Å². The quantitative estimate of drug-likeness (QED) is 0.869. The minimum absolute atomic E-state index is 0.121. The number of benzene rings is 1. The summed E-state index contributed by atoms with van der Waals surface area (Å²) in [5, 5.41) is 13.1. The zero-order valence-electron chi connectivity index (χ0n) is 15.2. The number of carbonyl (C=O) groups is 1. The lowest BCUT2D eigenvalue weighted by Crippen LogP contribution is -2.43. The van der Waals surface area contributed by atoms with Crippen molar-refractivity contribution in [2.75, 3.05) is 20.7 Å². The van der Waals surface area contributed by atoms with Gasteiger partial charge in [0.05, 0.1) is 19.3 Å². The average Bonchev–Trinajstić information content (AvgIpc) is 2.56. The van der Waals surface area contributed by atoms with Crippen LogP contribution in [0.5, 0.6) is 5.75 Å². The van der Waals surface area contributed by atoms with E-state index in [2.05, 4.69) is 5.32 Å². The van der Waals surface area contributed by atoms with Gasteiger partial charge in [-0.2, -0.15) is 0 Å². The highest BCUT2D eigenvalue weighted by Crippen LogP contribution is 2.27. The Bertz CT molecular complexity index is 562. The van der Waals surface area contributed by atoms with E-state index in [4.69, 9.17) is 4.74 Å². The van der Waals surface area contributed by atoms with Crippen molar-refractivity contribution in [3.63, 3.8) is 0 Å². The summed E-state index contributed by atoms with van der Waals surface area (Å²) < 4.78 is 5.40. The molecule has 3 unspecified atom stereocenters. The predicted octanol–water partition coefficient (Wildman–Crippen LogP) is 3.26. The van der Waals surface area contributed by atoms with Gasteiger partial charge in [-0.3, -0.25) is 0 Å². The molecule has 0 aliphatic heterocycles. The fraction of sp³-hybridized carbons (Fsp3) is 0.632. The molecule has 2 rings (SSSR count). The van der Waals surface area contributed by atoms with Crippen LogP contribution in [-0.2, 0) is 0 Å². The molecule has 0 heterocycles. The lowest BCUT2D eigenvalue weighted by atomic mass is 9.86. The number of nitrogens with one attached hydrogen (secondary N) is 1. The number of hydrogen-bond acceptors (Lipinski definition) is 3. The van der Waals surface area contributed by atoms with Crippen molar-refractivity contribution in [2.45, 2.75) is 51.7 Å². The molecular weight excluding hydrogens is 304 g/mol. The molecule has 134 valence electrons. The van der Waals surface area contributed by atoms with Crippen molar-refractivity contribution < 1.29 is 14.6 Å². The van der Waals surface area contributed by atoms with Crippen molar-refractivity contribution >= 4 is 6.03 Å². The lowest BCUT2D eigenvalue weighted by Gasteiger charge is -2.31. The minimum atomic E-state index is -0.289. The van der Waals surface area contributed by atoms with Gasteiger partial charge < -0.3 is 20.1 Å². The fourth-order valence-electron chi connectivity index (χ4n) is 3.40. The summed E-state index contributed by atoms with van der Waals surface area (Å²) in [5.41, 5.74) is 2.10. The minimum Gasteiger partial charge on any atom is -0.496 e. The van der Waals surface area contributed by atoms with Crippen LogP contribution in [0.2, 0.25) is 0 Å². The van der Waals surface area contributed by atoms with Crippen LogP contribution in [0.15, 0.2) is 18.2 Å². The first-order valence-electron chi connectivity index (χ1n) is 8.76. The third-order valence-corrected chi connectivity index (χ3v) is 4.92. The predicted molar refractivity (Wildman–Crippen MR) is 95.3 cm³/mol. The third kappa shape index (κ3) is 4.63. The summed E-state index contributed by atoms with van der Waals surface area (Å²) in [4.78, 5) is 14.2. The Morgan fingerprint density at radius 3 is 2.79 bits per heavy atom. The Morgan fingerprint density at radius 2 is 2.12 bits per heavy atom. The zero-order valence-corrected chi connectivity index (χ0v) is 15.2. The second-order valence-electron chi connectivity index (χ2n) is 6.91. The van der Waals surface area contributed by atoms with E-state index < -0.39 is 0 Å². The SMILES string of the molecule is COc1ccc(C)cc1C(C)NC(=O)N(C)CC1CCCCC1O. The van der Waals surface area contributed by atoms with Crippen LogP contribution in [0.4, 0.5) is 4.79 Å². The number of rotatable bonds is 5. The second-order valence-corrected chi connectivity index (χ2v) is 6.91. The van der Waals surface area contributed by atoms with Gasteiger partial charge in [0.25, 0.3) is 0 Å². The monoisotopic (exact) mass is 334 g/mol. The first-order valence-corrected chi connectivity index (χ1v) is 8.76. The molecule has 1 fully saturated rings. The van der Waals surface area contributed by atoms with E-state index in [1.54, 1.807) is 19.1 Å². The first kappa shape index (κ1) is 18.6. The van der Waals surface area contributed by atoms with E-state index in [-0.39, 0.29) is 24.1 Å². The maximum Gasteiger partial charge on any atom is 0.317 e. The molecule has 2 amide bonds. The summed E-state index contributed by atoms with van der Waals surface area (Å²) in [7, 11) is 3.43. The summed E-state index contributed by atoms with van der Waals surface area (Å²) in [6.45, 7) is 4.57. The number of methoxy groups -OCH3 is 1. The number of aliphatic hydroxyl groups excluding tert-OH is 1. The molecule has 1 aromatic rings. The van der Waals surface area contributed by atoms with E-state index in [0.29, 0.717) is 6.54 Å². The van der Waals surface area contributed by atoms with Crippen LogP contribution < -0.4 is 10.1 Å². The molecule has 0 aromatic heterocycles. The molecule has 0 bridgehead atoms. The molecule has 1 saturated carbocycles. The Labute approximate surface area is 145 Å². The van der Waals surface area contributed by atoms with Crippen molar-refractivity contribution in [3.05, 3.63) is 29.3 Å². The molecule has 0 radical (unpaired) electrons. The van der Waals surface area contributed by atoms with Crippen molar-refractivity contribution in [1.29, 1.82) is 0 Å². The van der Waals surface area contributed by atoms with Crippen LogP contribution in [0.1, 0.15) is 49.8 Å². The van der Waals surface area contributed by atoms with E-state index in [0.717, 1.165) is 42.6 Å². The van der Waals surface area contributed by atoms with Crippen LogP contribution in [-0.4, -0.2) is 42.8 Å². The zero-order chi connectivity index (χ0) is 17.7. The van der Waals surface area contributed by atoms with Crippen molar-refractivity contribution in [3.8, 4) is 5.75 Å². The maximum atomic E-state index is 12.5. The van der Waals surface area contributed by atoms with Gasteiger partial charge in [0.15, 0.2) is 0 Å². The largest absolute Gasteiger partial charge is 0.496 e. The summed E-state index contributed by atoms with van der Waals surface area (Å²) in [6, 6.07) is 5.69. The number of hydrogen-bond donors (Lipinski definition) is 2. The molecule has 5 heteroatoms. The summed E-state index contributed by atoms with van der Waals surface area (Å²) in [5.74, 6) is 0.956. The van der Waals surface area contributed by atoms with Gasteiger partial charge in [-0.15, -0.1) is 0 Å². The van der Waals surface area contributed by atoms with Gasteiger partial charge >= 0.3 is 6.03 Å². The molecule has 24 heavy (non-hydrogen) atoms. The molecule has 0 spiro atoms. The van der Waals surface area contributed by atoms with Gasteiger partial charge in [-0.25, -0.2) is 4.79 Å². The number of aryl methyl sites for hydroxylation is 1. The average molecular weight is 334 g/mol. The van der Waals surface area contributed by atoms with E-state index >= 15 is 0 Å². The van der Waals surface area contributed by atoms with Gasteiger partial charge in [0, 0.05) is 25.1 Å². The molecule has 1 aliphatic carbocycles. The Morgan fingerprint density at radius 1 is 1.42 bits per heavy atom. The number of aliphatic hydroxyl groups is 1. The highest BCUT2D eigenvalue weighted by atomic mass is 16.5. The van der Waals surface area contributed by atoms with Crippen LogP contribution in [0.3, 0.4) is 0 Å². The maximum absolute atomic E-state index is 12.5. The fourth-order valence-corrected chi connectivity index (χ4v) is 3.40. The second kappa shape index (κ2) is 8.38. The first-order chi connectivity index (χ1) is 11.4. The number of amides is 2. The molecule has 5 nitrogen and oxygen atoms in total. The molecule has 1 aromatic carbocycles. The van der Waals surface area contributed by atoms with E-state index in [1.165, 1.54) is 0 Å². The van der Waals surface area contributed by atoms with Crippen molar-refractivity contribution in [2.24, 2.45) is 5.92 Å². The number of urea groups is 1. The molecule has 2 N–H and O–H groups in total. The highest BCUT2D eigenvalue weighted by Gasteiger charge is 2.26. The number of ether oxygens (including phenoxy) is 1.